The Morgan fingerprint density at radius 1 is 1.31 bits per heavy atom. The average molecular weight is 355 g/mol. The number of carbonyl (C=O) groups is 1. The van der Waals surface area contributed by atoms with E-state index in [9.17, 15) is 4.79 Å². The van der Waals surface area contributed by atoms with Crippen LogP contribution in [-0.2, 0) is 19.9 Å². The molecule has 0 saturated heterocycles. The highest BCUT2D eigenvalue weighted by Gasteiger charge is 2.28. The van der Waals surface area contributed by atoms with E-state index in [0.29, 0.717) is 18.2 Å². The summed E-state index contributed by atoms with van der Waals surface area (Å²) in [6.45, 7) is 3.73. The number of aromatic nitrogens is 4. The minimum atomic E-state index is -0.670. The van der Waals surface area contributed by atoms with Crippen molar-refractivity contribution in [1.29, 1.82) is 0 Å². The number of rotatable bonds is 6. The second-order valence-electron chi connectivity index (χ2n) is 6.11. The van der Waals surface area contributed by atoms with Gasteiger partial charge in [0.25, 0.3) is 0 Å². The number of pyridine rings is 2. The largest absolute Gasteiger partial charge is 0.381 e. The van der Waals surface area contributed by atoms with E-state index in [1.165, 1.54) is 6.92 Å². The molecule has 0 fully saturated rings. The first-order chi connectivity index (χ1) is 12.5. The van der Waals surface area contributed by atoms with E-state index in [4.69, 9.17) is 14.5 Å². The van der Waals surface area contributed by atoms with Crippen LogP contribution in [0.4, 0.5) is 5.82 Å². The number of anilines is 1. The zero-order chi connectivity index (χ0) is 18.7. The summed E-state index contributed by atoms with van der Waals surface area (Å²) in [4.78, 5) is 20.2. The molecule has 0 saturated carbocycles. The van der Waals surface area contributed by atoms with Crippen LogP contribution in [0, 0.1) is 0 Å². The zero-order valence-electron chi connectivity index (χ0n) is 15.2. The Morgan fingerprint density at radius 3 is 2.81 bits per heavy atom. The number of nitrogens with zero attached hydrogens (tertiary/aromatic N) is 4. The molecule has 3 aromatic rings. The molecule has 1 N–H and O–H groups in total. The number of ether oxygens (including phenoxy) is 2. The number of fused-ring (bicyclic) bond motifs is 1. The lowest BCUT2D eigenvalue weighted by Gasteiger charge is -2.26. The van der Waals surface area contributed by atoms with Crippen LogP contribution in [0.5, 0.6) is 0 Å². The minimum absolute atomic E-state index is 0.182. The van der Waals surface area contributed by atoms with Crippen molar-refractivity contribution in [2.45, 2.75) is 19.4 Å². The SMILES string of the molecule is COCC(C)(OC)c1cccc(-n2ncc3cnc(NC(C)=O)cc32)n1. The maximum Gasteiger partial charge on any atom is 0.222 e. The van der Waals surface area contributed by atoms with Gasteiger partial charge in [-0.1, -0.05) is 6.07 Å². The molecule has 3 aromatic heterocycles. The molecule has 1 atom stereocenters. The quantitative estimate of drug-likeness (QED) is 0.729. The Morgan fingerprint density at radius 2 is 2.12 bits per heavy atom. The van der Waals surface area contributed by atoms with Gasteiger partial charge in [-0.3, -0.25) is 4.79 Å². The lowest BCUT2D eigenvalue weighted by atomic mass is 10.0. The molecule has 3 rings (SSSR count). The van der Waals surface area contributed by atoms with Crippen molar-refractivity contribution in [3.63, 3.8) is 0 Å². The number of methoxy groups -OCH3 is 2. The molecule has 0 aliphatic carbocycles. The van der Waals surface area contributed by atoms with Crippen LogP contribution < -0.4 is 5.32 Å². The predicted molar refractivity (Wildman–Crippen MR) is 97.2 cm³/mol. The van der Waals surface area contributed by atoms with Crippen LogP contribution in [-0.4, -0.2) is 46.5 Å². The second-order valence-corrected chi connectivity index (χ2v) is 6.11. The molecule has 1 unspecified atom stereocenters. The fourth-order valence-corrected chi connectivity index (χ4v) is 2.70. The van der Waals surface area contributed by atoms with Gasteiger partial charge >= 0.3 is 0 Å². The van der Waals surface area contributed by atoms with E-state index < -0.39 is 5.60 Å². The van der Waals surface area contributed by atoms with Gasteiger partial charge in [-0.25, -0.2) is 14.6 Å². The molecule has 0 spiro atoms. The highest BCUT2D eigenvalue weighted by Crippen LogP contribution is 2.25. The fourth-order valence-electron chi connectivity index (χ4n) is 2.70. The van der Waals surface area contributed by atoms with Crippen LogP contribution in [0.25, 0.3) is 16.7 Å². The van der Waals surface area contributed by atoms with Gasteiger partial charge in [0.1, 0.15) is 11.4 Å². The van der Waals surface area contributed by atoms with Gasteiger partial charge in [0.2, 0.25) is 5.91 Å². The standard InChI is InChI=1S/C18H21N5O3/c1-12(24)21-16-8-14-13(9-19-16)10-20-23(14)17-7-5-6-15(22-17)18(2,26-4)11-25-3/h5-10H,11H2,1-4H3,(H,19,21,24). The molecule has 0 aliphatic rings. The van der Waals surface area contributed by atoms with E-state index in [2.05, 4.69) is 15.4 Å². The number of hydrogen-bond acceptors (Lipinski definition) is 6. The number of amides is 1. The lowest BCUT2D eigenvalue weighted by molar-refractivity contribution is -0.114. The number of hydrogen-bond donors (Lipinski definition) is 1. The Balaban J connectivity index is 2.06. The van der Waals surface area contributed by atoms with Gasteiger partial charge < -0.3 is 14.8 Å². The lowest BCUT2D eigenvalue weighted by Crippen LogP contribution is -2.31. The van der Waals surface area contributed by atoms with Crippen LogP contribution in [0.15, 0.2) is 36.7 Å². The molecular weight excluding hydrogens is 334 g/mol. The molecule has 3 heterocycles. The second kappa shape index (κ2) is 7.19. The Labute approximate surface area is 151 Å². The molecule has 0 radical (unpaired) electrons. The van der Waals surface area contributed by atoms with E-state index in [1.54, 1.807) is 37.4 Å². The first-order valence-corrected chi connectivity index (χ1v) is 8.10. The Hall–Kier alpha value is -2.84. The first-order valence-electron chi connectivity index (χ1n) is 8.10. The van der Waals surface area contributed by atoms with E-state index >= 15 is 0 Å². The molecular formula is C18H21N5O3. The fraction of sp³-hybridized carbons (Fsp3) is 0.333. The van der Waals surface area contributed by atoms with Crippen LogP contribution >= 0.6 is 0 Å². The highest BCUT2D eigenvalue weighted by atomic mass is 16.5. The van der Waals surface area contributed by atoms with Crippen LogP contribution in [0.1, 0.15) is 19.5 Å². The van der Waals surface area contributed by atoms with Gasteiger partial charge in [-0.15, -0.1) is 0 Å². The van der Waals surface area contributed by atoms with Crippen molar-refractivity contribution in [1.82, 2.24) is 19.7 Å². The minimum Gasteiger partial charge on any atom is -0.381 e. The van der Waals surface area contributed by atoms with E-state index in [0.717, 1.165) is 16.6 Å². The molecule has 26 heavy (non-hydrogen) atoms. The summed E-state index contributed by atoms with van der Waals surface area (Å²) in [6.07, 6.45) is 3.37. The maximum atomic E-state index is 11.3. The summed E-state index contributed by atoms with van der Waals surface area (Å²) in [5.41, 5.74) is 0.856. The summed E-state index contributed by atoms with van der Waals surface area (Å²) in [5, 5.41) is 7.93. The van der Waals surface area contributed by atoms with Crippen molar-refractivity contribution < 1.29 is 14.3 Å². The molecule has 0 aliphatic heterocycles. The summed E-state index contributed by atoms with van der Waals surface area (Å²) >= 11 is 0. The molecule has 136 valence electrons. The van der Waals surface area contributed by atoms with Crippen molar-refractivity contribution in [2.75, 3.05) is 26.1 Å². The Kier molecular flexibility index (Phi) is 4.97. The smallest absolute Gasteiger partial charge is 0.222 e. The highest BCUT2D eigenvalue weighted by molar-refractivity contribution is 5.90. The van der Waals surface area contributed by atoms with Crippen molar-refractivity contribution in [3.8, 4) is 5.82 Å². The van der Waals surface area contributed by atoms with Gasteiger partial charge in [0.15, 0.2) is 5.82 Å². The topological polar surface area (TPSA) is 91.2 Å². The van der Waals surface area contributed by atoms with Gasteiger partial charge in [-0.05, 0) is 19.1 Å². The summed E-state index contributed by atoms with van der Waals surface area (Å²) in [6, 6.07) is 7.41. The summed E-state index contributed by atoms with van der Waals surface area (Å²) in [7, 11) is 3.25. The van der Waals surface area contributed by atoms with Crippen molar-refractivity contribution in [3.05, 3.63) is 42.4 Å². The summed E-state index contributed by atoms with van der Waals surface area (Å²) < 4.78 is 12.6. The monoisotopic (exact) mass is 355 g/mol. The van der Waals surface area contributed by atoms with Crippen LogP contribution in [0.3, 0.4) is 0 Å². The van der Waals surface area contributed by atoms with E-state index in [1.807, 2.05) is 25.1 Å². The first kappa shape index (κ1) is 18.0. The molecule has 0 aromatic carbocycles. The maximum absolute atomic E-state index is 11.3. The average Bonchev–Trinajstić information content (AvgIpc) is 3.04. The zero-order valence-corrected chi connectivity index (χ0v) is 15.2. The predicted octanol–water partition coefficient (Wildman–Crippen LogP) is 2.28. The third kappa shape index (κ3) is 3.42. The van der Waals surface area contributed by atoms with Gasteiger partial charge in [-0.2, -0.15) is 5.10 Å². The number of carbonyl (C=O) groups excluding carboxylic acids is 1. The summed E-state index contributed by atoms with van der Waals surface area (Å²) in [5.74, 6) is 0.916. The molecule has 8 nitrogen and oxygen atoms in total. The number of nitrogens with one attached hydrogen (secondary N) is 1. The molecule has 0 bridgehead atoms. The normalized spacial score (nSPS) is 13.5. The third-order valence-corrected chi connectivity index (χ3v) is 4.12. The molecule has 8 heteroatoms. The van der Waals surface area contributed by atoms with Crippen molar-refractivity contribution in [2.24, 2.45) is 0 Å². The Bertz CT molecular complexity index is 939. The van der Waals surface area contributed by atoms with E-state index in [-0.39, 0.29) is 5.91 Å². The van der Waals surface area contributed by atoms with Gasteiger partial charge in [0.05, 0.1) is 24.0 Å². The molecule has 1 amide bonds. The third-order valence-electron chi connectivity index (χ3n) is 4.12. The van der Waals surface area contributed by atoms with Crippen LogP contribution in [0.2, 0.25) is 0 Å². The van der Waals surface area contributed by atoms with Gasteiger partial charge in [0, 0.05) is 38.8 Å². The van der Waals surface area contributed by atoms with Crippen molar-refractivity contribution >= 4 is 22.6 Å².